The van der Waals surface area contributed by atoms with E-state index in [1.54, 1.807) is 6.08 Å². The zero-order valence-corrected chi connectivity index (χ0v) is 21.5. The van der Waals surface area contributed by atoms with Gasteiger partial charge in [0.2, 0.25) is 0 Å². The van der Waals surface area contributed by atoms with Gasteiger partial charge in [0.05, 0.1) is 12.2 Å². The number of carbonyl (C=O) groups is 1. The molecule has 6 rings (SSSR count). The summed E-state index contributed by atoms with van der Waals surface area (Å²) >= 11 is 0. The molecule has 39 heavy (non-hydrogen) atoms. The molecule has 3 aromatic carbocycles. The highest BCUT2D eigenvalue weighted by Gasteiger charge is 2.34. The zero-order valence-electron chi connectivity index (χ0n) is 21.5. The number of aliphatic carboxylic acids is 1. The van der Waals surface area contributed by atoms with Crippen LogP contribution in [0, 0.1) is 0 Å². The molecule has 0 spiro atoms. The molecule has 2 heterocycles. The summed E-state index contributed by atoms with van der Waals surface area (Å²) in [6.07, 6.45) is 8.92. The standard InChI is InChI=1S/C32H29F2N3O2/c1-20-16-26-17-25(27-18-35-36(19-27)32(33)34)11-14-29(26)31(24-5-2-21(3-6-24)4-15-30(38)39)37(20)28-12-9-23(10-13-28)22-7-8-22/h2-6,9-15,17-20,22,31-32H,7-8,16H2,1H3,(H,38,39)/b15-4+. The molecular formula is C32H29F2N3O2. The van der Waals surface area contributed by atoms with Crippen LogP contribution < -0.4 is 4.90 Å². The Hall–Kier alpha value is -4.26. The van der Waals surface area contributed by atoms with Gasteiger partial charge in [-0.25, -0.2) is 9.48 Å². The van der Waals surface area contributed by atoms with Crippen LogP contribution in [0.5, 0.6) is 0 Å². The lowest BCUT2D eigenvalue weighted by atomic mass is 9.83. The van der Waals surface area contributed by atoms with E-state index in [-0.39, 0.29) is 12.1 Å². The van der Waals surface area contributed by atoms with E-state index in [0.717, 1.165) is 40.4 Å². The van der Waals surface area contributed by atoms with Crippen LogP contribution in [0.15, 0.2) is 85.2 Å². The first-order valence-corrected chi connectivity index (χ1v) is 13.2. The van der Waals surface area contributed by atoms with Crippen molar-refractivity contribution in [2.45, 2.75) is 50.7 Å². The van der Waals surface area contributed by atoms with Crippen molar-refractivity contribution in [3.8, 4) is 11.1 Å². The molecular weight excluding hydrogens is 496 g/mol. The summed E-state index contributed by atoms with van der Waals surface area (Å²) in [5, 5.41) is 12.8. The molecule has 5 nitrogen and oxygen atoms in total. The number of halogens is 2. The van der Waals surface area contributed by atoms with Crippen LogP contribution in [0.2, 0.25) is 0 Å². The van der Waals surface area contributed by atoms with Crippen LogP contribution in [0.25, 0.3) is 17.2 Å². The fourth-order valence-corrected chi connectivity index (χ4v) is 5.68. The summed E-state index contributed by atoms with van der Waals surface area (Å²) in [6.45, 7) is -0.454. The molecule has 7 heteroatoms. The Labute approximate surface area is 226 Å². The van der Waals surface area contributed by atoms with Crippen molar-refractivity contribution < 1.29 is 18.7 Å². The molecule has 4 aromatic rings. The second-order valence-corrected chi connectivity index (χ2v) is 10.5. The monoisotopic (exact) mass is 525 g/mol. The SMILES string of the molecule is CC1Cc2cc(-c3cnn(C(F)F)c3)ccc2C(c2ccc(/C=C/C(=O)O)cc2)N1c1ccc(C2CC2)cc1. The highest BCUT2D eigenvalue weighted by molar-refractivity contribution is 5.85. The van der Waals surface area contributed by atoms with Gasteiger partial charge in [-0.05, 0) is 83.7 Å². The molecule has 0 amide bonds. The van der Waals surface area contributed by atoms with E-state index in [2.05, 4.69) is 65.5 Å². The van der Waals surface area contributed by atoms with Crippen LogP contribution in [0.4, 0.5) is 14.5 Å². The molecule has 1 aromatic heterocycles. The van der Waals surface area contributed by atoms with Crippen molar-refractivity contribution in [1.29, 1.82) is 0 Å². The number of hydrogen-bond acceptors (Lipinski definition) is 3. The summed E-state index contributed by atoms with van der Waals surface area (Å²) in [6, 6.07) is 23.2. The van der Waals surface area contributed by atoms with Crippen molar-refractivity contribution in [3.05, 3.63) is 113 Å². The number of anilines is 1. The van der Waals surface area contributed by atoms with Gasteiger partial charge in [-0.1, -0.05) is 54.6 Å². The molecule has 198 valence electrons. The third-order valence-electron chi connectivity index (χ3n) is 7.75. The van der Waals surface area contributed by atoms with Crippen LogP contribution in [-0.2, 0) is 11.2 Å². The maximum Gasteiger partial charge on any atom is 0.333 e. The van der Waals surface area contributed by atoms with Gasteiger partial charge in [-0.3, -0.25) is 0 Å². The van der Waals surface area contributed by atoms with Crippen molar-refractivity contribution in [2.75, 3.05) is 4.90 Å². The smallest absolute Gasteiger partial charge is 0.333 e. The Balaban J connectivity index is 1.41. The number of carboxylic acid groups (broad SMARTS) is 1. The van der Waals surface area contributed by atoms with Gasteiger partial charge >= 0.3 is 12.5 Å². The Morgan fingerprint density at radius 1 is 1.00 bits per heavy atom. The molecule has 1 fully saturated rings. The van der Waals surface area contributed by atoms with Crippen molar-refractivity contribution in [1.82, 2.24) is 9.78 Å². The molecule has 1 aliphatic carbocycles. The van der Waals surface area contributed by atoms with Gasteiger partial charge in [0.25, 0.3) is 0 Å². The van der Waals surface area contributed by atoms with E-state index in [0.29, 0.717) is 16.2 Å². The number of fused-ring (bicyclic) bond motifs is 1. The molecule has 0 bridgehead atoms. The van der Waals surface area contributed by atoms with Crippen molar-refractivity contribution in [3.63, 3.8) is 0 Å². The lowest BCUT2D eigenvalue weighted by molar-refractivity contribution is -0.131. The minimum absolute atomic E-state index is 0.0640. The predicted molar refractivity (Wildman–Crippen MR) is 148 cm³/mol. The zero-order chi connectivity index (χ0) is 27.1. The normalized spacial score (nSPS) is 19.0. The van der Waals surface area contributed by atoms with E-state index < -0.39 is 12.5 Å². The van der Waals surface area contributed by atoms with Gasteiger partial charge in [0, 0.05) is 29.6 Å². The van der Waals surface area contributed by atoms with Gasteiger partial charge in [0.1, 0.15) is 0 Å². The molecule has 2 aliphatic rings. The minimum atomic E-state index is -2.67. The molecule has 1 N–H and O–H groups in total. The lowest BCUT2D eigenvalue weighted by Gasteiger charge is -2.44. The van der Waals surface area contributed by atoms with E-state index in [1.807, 2.05) is 18.2 Å². The molecule has 1 saturated carbocycles. The number of aromatic nitrogens is 2. The van der Waals surface area contributed by atoms with Crippen LogP contribution in [-0.4, -0.2) is 26.9 Å². The largest absolute Gasteiger partial charge is 0.478 e. The Morgan fingerprint density at radius 2 is 1.72 bits per heavy atom. The number of alkyl halides is 2. The fourth-order valence-electron chi connectivity index (χ4n) is 5.68. The third-order valence-corrected chi connectivity index (χ3v) is 7.75. The summed E-state index contributed by atoms with van der Waals surface area (Å²) in [4.78, 5) is 13.4. The summed E-state index contributed by atoms with van der Waals surface area (Å²) in [5.41, 5.74) is 8.33. The summed E-state index contributed by atoms with van der Waals surface area (Å²) in [5.74, 6) is -0.293. The number of hydrogen-bond donors (Lipinski definition) is 1. The summed E-state index contributed by atoms with van der Waals surface area (Å²) < 4.78 is 26.9. The average molecular weight is 526 g/mol. The fraction of sp³-hybridized carbons (Fsp3) is 0.250. The number of rotatable bonds is 7. The average Bonchev–Trinajstić information content (AvgIpc) is 3.66. The Bertz CT molecular complexity index is 1520. The van der Waals surface area contributed by atoms with Gasteiger partial charge in [0.15, 0.2) is 0 Å². The quantitative estimate of drug-likeness (QED) is 0.255. The van der Waals surface area contributed by atoms with Crippen LogP contribution >= 0.6 is 0 Å². The third kappa shape index (κ3) is 5.09. The van der Waals surface area contributed by atoms with E-state index in [9.17, 15) is 13.6 Å². The second kappa shape index (κ2) is 10.1. The van der Waals surface area contributed by atoms with Crippen molar-refractivity contribution in [2.24, 2.45) is 0 Å². The number of benzene rings is 3. The molecule has 2 unspecified atom stereocenters. The van der Waals surface area contributed by atoms with Crippen molar-refractivity contribution >= 4 is 17.7 Å². The van der Waals surface area contributed by atoms with Crippen LogP contribution in [0.3, 0.4) is 0 Å². The molecule has 2 atom stereocenters. The maximum atomic E-state index is 13.1. The Kier molecular flexibility index (Phi) is 6.51. The van der Waals surface area contributed by atoms with E-state index in [4.69, 9.17) is 5.11 Å². The first-order valence-electron chi connectivity index (χ1n) is 13.2. The van der Waals surface area contributed by atoms with Gasteiger partial charge in [-0.2, -0.15) is 13.9 Å². The maximum absolute atomic E-state index is 13.1. The lowest BCUT2D eigenvalue weighted by Crippen LogP contribution is -2.42. The molecule has 0 radical (unpaired) electrons. The minimum Gasteiger partial charge on any atom is -0.478 e. The molecule has 1 aliphatic heterocycles. The number of nitrogens with zero attached hydrogens (tertiary/aromatic N) is 3. The predicted octanol–water partition coefficient (Wildman–Crippen LogP) is 7.46. The Morgan fingerprint density at radius 3 is 2.36 bits per heavy atom. The highest BCUT2D eigenvalue weighted by atomic mass is 19.3. The first kappa shape index (κ1) is 25.0. The van der Waals surface area contributed by atoms with Crippen LogP contribution in [0.1, 0.15) is 66.1 Å². The van der Waals surface area contributed by atoms with E-state index in [1.165, 1.54) is 36.4 Å². The topological polar surface area (TPSA) is 58.4 Å². The van der Waals surface area contributed by atoms with E-state index >= 15 is 0 Å². The first-order chi connectivity index (χ1) is 18.9. The highest BCUT2D eigenvalue weighted by Crippen LogP contribution is 2.44. The second-order valence-electron chi connectivity index (χ2n) is 10.5. The van der Waals surface area contributed by atoms with Gasteiger partial charge < -0.3 is 10.0 Å². The molecule has 0 saturated heterocycles. The summed E-state index contributed by atoms with van der Waals surface area (Å²) in [7, 11) is 0. The van der Waals surface area contributed by atoms with Gasteiger partial charge in [-0.15, -0.1) is 0 Å². The number of carboxylic acids is 1.